The van der Waals surface area contributed by atoms with Gasteiger partial charge >= 0.3 is 0 Å². The van der Waals surface area contributed by atoms with Crippen molar-refractivity contribution in [1.82, 2.24) is 0 Å². The molecule has 0 unspecified atom stereocenters. The summed E-state index contributed by atoms with van der Waals surface area (Å²) in [6, 6.07) is 3.85. The molecule has 100 valence electrons. The third kappa shape index (κ3) is 3.59. The monoisotopic (exact) mass is 248 g/mol. The van der Waals surface area contributed by atoms with E-state index in [-0.39, 0.29) is 11.2 Å². The van der Waals surface area contributed by atoms with Gasteiger partial charge in [-0.25, -0.2) is 0 Å². The van der Waals surface area contributed by atoms with E-state index in [0.29, 0.717) is 5.56 Å². The summed E-state index contributed by atoms with van der Waals surface area (Å²) in [6.07, 6.45) is 5.22. The molecular weight excluding hydrogens is 224 g/mol. The van der Waals surface area contributed by atoms with E-state index in [1.165, 1.54) is 12.8 Å². The first-order valence-electron chi connectivity index (χ1n) is 6.71. The zero-order valence-corrected chi connectivity index (χ0v) is 11.9. The van der Waals surface area contributed by atoms with Crippen LogP contribution in [-0.4, -0.2) is 11.4 Å². The van der Waals surface area contributed by atoms with Crippen molar-refractivity contribution in [3.8, 4) is 5.75 Å². The number of rotatable bonds is 5. The average molecular weight is 248 g/mol. The van der Waals surface area contributed by atoms with Crippen LogP contribution in [0.2, 0.25) is 0 Å². The summed E-state index contributed by atoms with van der Waals surface area (Å²) in [7, 11) is 0. The SMILES string of the molecule is CCCCCc1cc(C=O)c(O)c(C(C)(C)C)c1. The van der Waals surface area contributed by atoms with Crippen molar-refractivity contribution >= 4 is 6.29 Å². The topological polar surface area (TPSA) is 37.3 Å². The Balaban J connectivity index is 3.10. The second-order valence-electron chi connectivity index (χ2n) is 5.91. The number of unbranched alkanes of at least 4 members (excludes halogenated alkanes) is 2. The van der Waals surface area contributed by atoms with Crippen LogP contribution in [0.4, 0.5) is 0 Å². The van der Waals surface area contributed by atoms with Crippen molar-refractivity contribution < 1.29 is 9.90 Å². The zero-order chi connectivity index (χ0) is 13.8. The van der Waals surface area contributed by atoms with Crippen LogP contribution in [0.3, 0.4) is 0 Å². The van der Waals surface area contributed by atoms with Gasteiger partial charge in [-0.3, -0.25) is 4.79 Å². The highest BCUT2D eigenvalue weighted by atomic mass is 16.3. The van der Waals surface area contributed by atoms with Crippen LogP contribution in [0.15, 0.2) is 12.1 Å². The van der Waals surface area contributed by atoms with Crippen LogP contribution in [0.25, 0.3) is 0 Å². The molecule has 0 bridgehead atoms. The molecule has 0 saturated carbocycles. The lowest BCUT2D eigenvalue weighted by Gasteiger charge is -2.22. The third-order valence-corrected chi connectivity index (χ3v) is 3.20. The van der Waals surface area contributed by atoms with E-state index in [1.54, 1.807) is 0 Å². The minimum absolute atomic E-state index is 0.136. The standard InChI is InChI=1S/C16H24O2/c1-5-6-7-8-12-9-13(11-17)15(18)14(10-12)16(2,3)4/h9-11,18H,5-8H2,1-4H3. The van der Waals surface area contributed by atoms with Gasteiger partial charge in [0, 0.05) is 5.56 Å². The van der Waals surface area contributed by atoms with E-state index in [4.69, 9.17) is 0 Å². The van der Waals surface area contributed by atoms with Gasteiger partial charge in [-0.15, -0.1) is 0 Å². The minimum atomic E-state index is -0.150. The Bertz CT molecular complexity index is 414. The van der Waals surface area contributed by atoms with Crippen molar-refractivity contribution in [2.45, 2.75) is 58.8 Å². The third-order valence-electron chi connectivity index (χ3n) is 3.20. The summed E-state index contributed by atoms with van der Waals surface area (Å²) >= 11 is 0. The first-order chi connectivity index (χ1) is 8.40. The maximum absolute atomic E-state index is 11.0. The van der Waals surface area contributed by atoms with Gasteiger partial charge in [-0.1, -0.05) is 46.6 Å². The Labute approximate surface area is 110 Å². The Morgan fingerprint density at radius 1 is 1.22 bits per heavy atom. The van der Waals surface area contributed by atoms with Crippen LogP contribution < -0.4 is 0 Å². The number of hydrogen-bond donors (Lipinski definition) is 1. The molecule has 1 rings (SSSR count). The number of aromatic hydroxyl groups is 1. The number of aldehydes is 1. The Hall–Kier alpha value is -1.31. The molecule has 18 heavy (non-hydrogen) atoms. The van der Waals surface area contributed by atoms with Gasteiger partial charge in [0.15, 0.2) is 6.29 Å². The molecule has 1 N–H and O–H groups in total. The van der Waals surface area contributed by atoms with E-state index in [2.05, 4.69) is 6.92 Å². The molecule has 0 fully saturated rings. The molecule has 0 saturated heterocycles. The van der Waals surface area contributed by atoms with Gasteiger partial charge in [0.05, 0.1) is 5.56 Å². The van der Waals surface area contributed by atoms with E-state index in [0.717, 1.165) is 30.3 Å². The van der Waals surface area contributed by atoms with E-state index < -0.39 is 0 Å². The van der Waals surface area contributed by atoms with E-state index in [9.17, 15) is 9.90 Å². The summed E-state index contributed by atoms with van der Waals surface area (Å²) in [5, 5.41) is 10.1. The quantitative estimate of drug-likeness (QED) is 0.625. The number of phenols is 1. The van der Waals surface area contributed by atoms with E-state index in [1.807, 2.05) is 32.9 Å². The first kappa shape index (κ1) is 14.7. The van der Waals surface area contributed by atoms with Crippen LogP contribution >= 0.6 is 0 Å². The molecule has 0 aromatic heterocycles. The predicted molar refractivity (Wildman–Crippen MR) is 75.4 cm³/mol. The molecule has 0 amide bonds. The minimum Gasteiger partial charge on any atom is -0.507 e. The highest BCUT2D eigenvalue weighted by Crippen LogP contribution is 2.34. The first-order valence-corrected chi connectivity index (χ1v) is 6.71. The second kappa shape index (κ2) is 6.03. The molecule has 2 heteroatoms. The number of benzene rings is 1. The van der Waals surface area contributed by atoms with Crippen molar-refractivity contribution in [2.75, 3.05) is 0 Å². The lowest BCUT2D eigenvalue weighted by molar-refractivity contribution is 0.112. The Morgan fingerprint density at radius 2 is 1.89 bits per heavy atom. The lowest BCUT2D eigenvalue weighted by atomic mass is 9.83. The fraction of sp³-hybridized carbons (Fsp3) is 0.562. The van der Waals surface area contributed by atoms with Crippen LogP contribution in [0.5, 0.6) is 5.75 Å². The molecule has 0 spiro atoms. The summed E-state index contributed by atoms with van der Waals surface area (Å²) in [5.74, 6) is 0.136. The molecule has 2 nitrogen and oxygen atoms in total. The van der Waals surface area contributed by atoms with Crippen molar-refractivity contribution in [2.24, 2.45) is 0 Å². The van der Waals surface area contributed by atoms with Crippen molar-refractivity contribution in [3.63, 3.8) is 0 Å². The number of phenolic OH excluding ortho intramolecular Hbond substituents is 1. The smallest absolute Gasteiger partial charge is 0.153 e. The van der Waals surface area contributed by atoms with Crippen LogP contribution in [0, 0.1) is 0 Å². The lowest BCUT2D eigenvalue weighted by Crippen LogP contribution is -2.13. The van der Waals surface area contributed by atoms with Crippen LogP contribution in [-0.2, 0) is 11.8 Å². The molecule has 1 aromatic carbocycles. The fourth-order valence-electron chi connectivity index (χ4n) is 2.10. The van der Waals surface area contributed by atoms with Gasteiger partial charge in [0.25, 0.3) is 0 Å². The van der Waals surface area contributed by atoms with E-state index >= 15 is 0 Å². The summed E-state index contributed by atoms with van der Waals surface area (Å²) in [6.45, 7) is 8.32. The predicted octanol–water partition coefficient (Wildman–Crippen LogP) is 4.23. The Kier molecular flexibility index (Phi) is 4.94. The molecule has 0 aliphatic rings. The number of carbonyl (C=O) groups excluding carboxylic acids is 1. The molecule has 0 atom stereocenters. The fourth-order valence-corrected chi connectivity index (χ4v) is 2.10. The summed E-state index contributed by atoms with van der Waals surface area (Å²) in [5.41, 5.74) is 2.27. The molecule has 1 aromatic rings. The normalized spacial score (nSPS) is 11.6. The van der Waals surface area contributed by atoms with Crippen molar-refractivity contribution in [1.29, 1.82) is 0 Å². The second-order valence-corrected chi connectivity index (χ2v) is 5.91. The molecule has 0 aliphatic carbocycles. The number of aryl methyl sites for hydroxylation is 1. The molecule has 0 heterocycles. The van der Waals surface area contributed by atoms with Crippen molar-refractivity contribution in [3.05, 3.63) is 28.8 Å². The molecule has 0 aliphatic heterocycles. The Morgan fingerprint density at radius 3 is 2.39 bits per heavy atom. The number of hydrogen-bond acceptors (Lipinski definition) is 2. The molecular formula is C16H24O2. The van der Waals surface area contributed by atoms with Crippen LogP contribution in [0.1, 0.15) is 68.4 Å². The highest BCUT2D eigenvalue weighted by Gasteiger charge is 2.21. The highest BCUT2D eigenvalue weighted by molar-refractivity contribution is 5.80. The zero-order valence-electron chi connectivity index (χ0n) is 11.9. The summed E-state index contributed by atoms with van der Waals surface area (Å²) < 4.78 is 0. The summed E-state index contributed by atoms with van der Waals surface area (Å²) in [4.78, 5) is 11.0. The largest absolute Gasteiger partial charge is 0.507 e. The van der Waals surface area contributed by atoms with Gasteiger partial charge < -0.3 is 5.11 Å². The van der Waals surface area contributed by atoms with Gasteiger partial charge in [-0.05, 0) is 29.9 Å². The number of carbonyl (C=O) groups is 1. The van der Waals surface area contributed by atoms with Gasteiger partial charge in [-0.2, -0.15) is 0 Å². The maximum atomic E-state index is 11.0. The molecule has 0 radical (unpaired) electrons. The van der Waals surface area contributed by atoms with Gasteiger partial charge in [0.1, 0.15) is 5.75 Å². The average Bonchev–Trinajstić information content (AvgIpc) is 2.29. The maximum Gasteiger partial charge on any atom is 0.153 e. The van der Waals surface area contributed by atoms with Gasteiger partial charge in [0.2, 0.25) is 0 Å².